The average Bonchev–Trinajstić information content (AvgIpc) is 2.79. The van der Waals surface area contributed by atoms with Crippen molar-refractivity contribution >= 4 is 34.1 Å². The van der Waals surface area contributed by atoms with Crippen LogP contribution in [0.1, 0.15) is 27.9 Å². The van der Waals surface area contributed by atoms with Crippen LogP contribution in [0.15, 0.2) is 70.3 Å². The van der Waals surface area contributed by atoms with E-state index in [1.807, 2.05) is 19.1 Å². The average molecular weight is 446 g/mol. The van der Waals surface area contributed by atoms with Crippen molar-refractivity contribution < 1.29 is 4.79 Å². The number of hydrogen-bond acceptors (Lipinski definition) is 3. The van der Waals surface area contributed by atoms with Crippen LogP contribution >= 0.6 is 11.6 Å². The molecule has 4 aromatic rings. The van der Waals surface area contributed by atoms with E-state index < -0.39 is 11.2 Å². The number of aromatic amines is 1. The van der Waals surface area contributed by atoms with Gasteiger partial charge in [-0.15, -0.1) is 0 Å². The number of aryl methyl sites for hydroxylation is 2. The standard InChI is InChI=1S/C25H20ClN3O3/c1-15-8-11-21-16(13-15)5-4-12-28(21)23(30)17-9-10-19(26)22(14-17)29-24(31)18-6-2-3-7-20(18)27-25(29)32/h2-3,6-11,13-14H,4-5,12H2,1H3,(H,27,32). The second-order valence-corrected chi connectivity index (χ2v) is 8.38. The van der Waals surface area contributed by atoms with E-state index in [-0.39, 0.29) is 16.6 Å². The molecule has 0 atom stereocenters. The van der Waals surface area contributed by atoms with Crippen LogP contribution in [0.5, 0.6) is 0 Å². The number of fused-ring (bicyclic) bond motifs is 2. The number of anilines is 1. The number of halogens is 1. The molecule has 5 rings (SSSR count). The maximum Gasteiger partial charge on any atom is 0.333 e. The molecule has 32 heavy (non-hydrogen) atoms. The summed E-state index contributed by atoms with van der Waals surface area (Å²) in [5.41, 5.74) is 3.07. The highest BCUT2D eigenvalue weighted by Gasteiger charge is 2.25. The van der Waals surface area contributed by atoms with Crippen molar-refractivity contribution in [1.29, 1.82) is 0 Å². The highest BCUT2D eigenvalue weighted by molar-refractivity contribution is 6.32. The predicted octanol–water partition coefficient (Wildman–Crippen LogP) is 4.23. The second-order valence-electron chi connectivity index (χ2n) is 7.98. The zero-order valence-corrected chi connectivity index (χ0v) is 18.1. The highest BCUT2D eigenvalue weighted by Crippen LogP contribution is 2.30. The molecule has 1 amide bonds. The van der Waals surface area contributed by atoms with Crippen LogP contribution in [0.3, 0.4) is 0 Å². The van der Waals surface area contributed by atoms with Crippen molar-refractivity contribution in [2.24, 2.45) is 0 Å². The van der Waals surface area contributed by atoms with Crippen molar-refractivity contribution in [3.05, 3.63) is 103 Å². The van der Waals surface area contributed by atoms with Crippen LogP contribution in [0.4, 0.5) is 5.69 Å². The first-order valence-corrected chi connectivity index (χ1v) is 10.8. The Hall–Kier alpha value is -3.64. The van der Waals surface area contributed by atoms with E-state index >= 15 is 0 Å². The van der Waals surface area contributed by atoms with Gasteiger partial charge in [0.2, 0.25) is 0 Å². The lowest BCUT2D eigenvalue weighted by molar-refractivity contribution is 0.0985. The molecule has 0 unspecified atom stereocenters. The smallest absolute Gasteiger partial charge is 0.308 e. The Morgan fingerprint density at radius 1 is 1.00 bits per heavy atom. The monoisotopic (exact) mass is 445 g/mol. The number of rotatable bonds is 2. The lowest BCUT2D eigenvalue weighted by atomic mass is 9.98. The molecular formula is C25H20ClN3O3. The molecule has 3 aromatic carbocycles. The number of nitrogens with zero attached hydrogens (tertiary/aromatic N) is 2. The van der Waals surface area contributed by atoms with Crippen molar-refractivity contribution in [1.82, 2.24) is 9.55 Å². The molecule has 2 heterocycles. The third kappa shape index (κ3) is 3.33. The first-order valence-electron chi connectivity index (χ1n) is 10.4. The minimum Gasteiger partial charge on any atom is -0.308 e. The van der Waals surface area contributed by atoms with Crippen LogP contribution in [0, 0.1) is 6.92 Å². The molecule has 0 fully saturated rings. The van der Waals surface area contributed by atoms with Gasteiger partial charge in [0.1, 0.15) is 0 Å². The number of H-pyrrole nitrogens is 1. The molecule has 160 valence electrons. The summed E-state index contributed by atoms with van der Waals surface area (Å²) in [5, 5.41) is 0.569. The highest BCUT2D eigenvalue weighted by atomic mass is 35.5. The molecule has 0 bridgehead atoms. The maximum atomic E-state index is 13.4. The van der Waals surface area contributed by atoms with E-state index in [9.17, 15) is 14.4 Å². The first-order chi connectivity index (χ1) is 15.4. The number of aromatic nitrogens is 2. The fourth-order valence-corrected chi connectivity index (χ4v) is 4.49. The number of hydrogen-bond donors (Lipinski definition) is 1. The first kappa shape index (κ1) is 20.3. The van der Waals surface area contributed by atoms with Gasteiger partial charge >= 0.3 is 5.69 Å². The van der Waals surface area contributed by atoms with Gasteiger partial charge in [0.15, 0.2) is 0 Å². The van der Waals surface area contributed by atoms with Crippen LogP contribution < -0.4 is 16.1 Å². The number of para-hydroxylation sites is 1. The fourth-order valence-electron chi connectivity index (χ4n) is 4.29. The SMILES string of the molecule is Cc1ccc2c(c1)CCCN2C(=O)c1ccc(Cl)c(-n2c(=O)[nH]c3ccccc3c2=O)c1. The Balaban J connectivity index is 1.62. The van der Waals surface area contributed by atoms with Crippen LogP contribution in [-0.4, -0.2) is 22.0 Å². The normalized spacial score (nSPS) is 13.2. The molecule has 0 saturated carbocycles. The van der Waals surface area contributed by atoms with E-state index in [0.717, 1.165) is 34.2 Å². The molecule has 0 spiro atoms. The van der Waals surface area contributed by atoms with E-state index in [1.54, 1.807) is 41.3 Å². The Kier molecular flexibility index (Phi) is 4.94. The Morgan fingerprint density at radius 2 is 1.81 bits per heavy atom. The molecule has 7 heteroatoms. The molecule has 6 nitrogen and oxygen atoms in total. The van der Waals surface area contributed by atoms with Gasteiger partial charge in [-0.25, -0.2) is 9.36 Å². The summed E-state index contributed by atoms with van der Waals surface area (Å²) in [5.74, 6) is -0.196. The summed E-state index contributed by atoms with van der Waals surface area (Å²) in [6.07, 6.45) is 1.79. The van der Waals surface area contributed by atoms with Crippen LogP contribution in [0.25, 0.3) is 16.6 Å². The van der Waals surface area contributed by atoms with Crippen molar-refractivity contribution in [3.8, 4) is 5.69 Å². The lowest BCUT2D eigenvalue weighted by Gasteiger charge is -2.30. The fraction of sp³-hybridized carbons (Fsp3) is 0.160. The van der Waals surface area contributed by atoms with Gasteiger partial charge in [0, 0.05) is 17.8 Å². The zero-order valence-electron chi connectivity index (χ0n) is 17.4. The van der Waals surface area contributed by atoms with Crippen LogP contribution in [-0.2, 0) is 6.42 Å². The lowest BCUT2D eigenvalue weighted by Crippen LogP contribution is -2.36. The molecule has 1 aliphatic heterocycles. The third-order valence-electron chi connectivity index (χ3n) is 5.84. The summed E-state index contributed by atoms with van der Waals surface area (Å²) < 4.78 is 0.981. The predicted molar refractivity (Wildman–Crippen MR) is 126 cm³/mol. The number of carbonyl (C=O) groups excluding carboxylic acids is 1. The van der Waals surface area contributed by atoms with Gasteiger partial charge in [-0.2, -0.15) is 0 Å². The molecule has 1 aromatic heterocycles. The van der Waals surface area contributed by atoms with Gasteiger partial charge < -0.3 is 9.88 Å². The summed E-state index contributed by atoms with van der Waals surface area (Å²) in [6, 6.07) is 17.5. The third-order valence-corrected chi connectivity index (χ3v) is 6.16. The second kappa shape index (κ2) is 7.80. The minimum absolute atomic E-state index is 0.177. The Bertz CT molecular complexity index is 1500. The number of amides is 1. The number of benzene rings is 3. The van der Waals surface area contributed by atoms with Crippen molar-refractivity contribution in [2.45, 2.75) is 19.8 Å². The summed E-state index contributed by atoms with van der Waals surface area (Å²) in [6.45, 7) is 2.63. The van der Waals surface area contributed by atoms with Gasteiger partial charge in [-0.05, 0) is 61.7 Å². The van der Waals surface area contributed by atoms with Crippen LogP contribution in [0.2, 0.25) is 5.02 Å². The van der Waals surface area contributed by atoms with Gasteiger partial charge in [-0.3, -0.25) is 9.59 Å². The van der Waals surface area contributed by atoms with Gasteiger partial charge in [-0.1, -0.05) is 41.4 Å². The summed E-state index contributed by atoms with van der Waals surface area (Å²) in [4.78, 5) is 43.7. The van der Waals surface area contributed by atoms with Gasteiger partial charge in [0.25, 0.3) is 11.5 Å². The largest absolute Gasteiger partial charge is 0.333 e. The molecule has 0 radical (unpaired) electrons. The topological polar surface area (TPSA) is 75.2 Å². The van der Waals surface area contributed by atoms with E-state index in [2.05, 4.69) is 11.1 Å². The van der Waals surface area contributed by atoms with Crippen molar-refractivity contribution in [2.75, 3.05) is 11.4 Å². The molecule has 1 aliphatic rings. The summed E-state index contributed by atoms with van der Waals surface area (Å²) >= 11 is 6.38. The number of carbonyl (C=O) groups is 1. The Morgan fingerprint density at radius 3 is 2.66 bits per heavy atom. The molecular weight excluding hydrogens is 426 g/mol. The van der Waals surface area contributed by atoms with Gasteiger partial charge in [0.05, 0.1) is 21.6 Å². The van der Waals surface area contributed by atoms with Crippen molar-refractivity contribution in [3.63, 3.8) is 0 Å². The van der Waals surface area contributed by atoms with E-state index in [1.165, 1.54) is 6.07 Å². The number of nitrogens with one attached hydrogen (secondary N) is 1. The molecule has 0 aliphatic carbocycles. The molecule has 0 saturated heterocycles. The van der Waals surface area contributed by atoms with E-state index in [4.69, 9.17) is 11.6 Å². The molecule has 1 N–H and O–H groups in total. The minimum atomic E-state index is -0.612. The zero-order chi connectivity index (χ0) is 22.4. The quantitative estimate of drug-likeness (QED) is 0.501. The Labute approximate surface area is 188 Å². The summed E-state index contributed by atoms with van der Waals surface area (Å²) in [7, 11) is 0. The van der Waals surface area contributed by atoms with E-state index in [0.29, 0.717) is 23.0 Å². The maximum absolute atomic E-state index is 13.4.